The fourth-order valence-corrected chi connectivity index (χ4v) is 11.8. The van der Waals surface area contributed by atoms with Crippen LogP contribution in [0.15, 0.2) is 44.2 Å². The van der Waals surface area contributed by atoms with Gasteiger partial charge in [-0.1, -0.05) is 23.3 Å². The molecule has 2 saturated heterocycles. The molecule has 2 aliphatic heterocycles. The van der Waals surface area contributed by atoms with Gasteiger partial charge in [0.2, 0.25) is 11.2 Å². The van der Waals surface area contributed by atoms with Gasteiger partial charge < -0.3 is 21.9 Å². The van der Waals surface area contributed by atoms with Crippen molar-refractivity contribution in [2.75, 3.05) is 31.1 Å². The molecule has 4 fully saturated rings. The van der Waals surface area contributed by atoms with Crippen molar-refractivity contribution in [2.24, 2.45) is 33.0 Å². The third-order valence-corrected chi connectivity index (χ3v) is 17.7. The van der Waals surface area contributed by atoms with Crippen LogP contribution in [0.4, 0.5) is 5.95 Å². The highest BCUT2D eigenvalue weighted by Crippen LogP contribution is 2.48. The smallest absolute Gasteiger partial charge is 0.211 e. The molecule has 0 bridgehead atoms. The standard InChI is InChI=1S/C20H30BrN5OS.C13H26N2OS.C7H5BrClN3.H4N4.HN3/c1-14-16(21)17-22-10-13-26(17)18(23-14)25-11-8-20(9-12-25)7-5-6-15(20)24-28(27)19(2,3)4;1-12(2,3)17(16)15-11-5-4-6-13(11)7-9-14-10-8-13;1-4-5(8)6-10-2-3-12(6)7(9)11-4;1-3-4-2;1-3-2/h10,13,15,24H,5-9,11-12H2,1-4H3;11,14-15H,4-10H2,1-3H3;2-3H,1H3;(H2,1,4)(H2,2,3);1H/t15-,28-;11-,17-;;;/m11.../s1. The summed E-state index contributed by atoms with van der Waals surface area (Å²) in [6, 6.07) is 0.812. The fourth-order valence-electron chi connectivity index (χ4n) is 8.81. The molecule has 2 spiro atoms. The predicted molar refractivity (Wildman–Crippen MR) is 264 cm³/mol. The first-order valence-corrected chi connectivity index (χ1v) is 25.7. The number of anilines is 1. The third-order valence-electron chi connectivity index (χ3n) is 12.4. The van der Waals surface area contributed by atoms with E-state index in [-0.39, 0.29) is 14.9 Å². The van der Waals surface area contributed by atoms with Gasteiger partial charge in [-0.05, 0) is 185 Å². The van der Waals surface area contributed by atoms with Crippen LogP contribution in [0.2, 0.25) is 5.28 Å². The van der Waals surface area contributed by atoms with E-state index in [0.29, 0.717) is 22.8 Å². The van der Waals surface area contributed by atoms with E-state index < -0.39 is 22.0 Å². The van der Waals surface area contributed by atoms with Gasteiger partial charge in [0.15, 0.2) is 11.3 Å². The van der Waals surface area contributed by atoms with Crippen LogP contribution >= 0.6 is 43.5 Å². The van der Waals surface area contributed by atoms with Gasteiger partial charge in [-0.25, -0.2) is 37.8 Å². The first-order valence-electron chi connectivity index (χ1n) is 21.4. The Morgan fingerprint density at radius 3 is 1.69 bits per heavy atom. The highest BCUT2D eigenvalue weighted by atomic mass is 79.9. The number of rotatable bonds is 5. The number of nitrogens with zero attached hydrogens (tertiary/aromatic N) is 11. The number of aromatic nitrogens is 6. The van der Waals surface area contributed by atoms with Crippen LogP contribution in [0.25, 0.3) is 21.7 Å². The first kappa shape index (κ1) is 53.6. The van der Waals surface area contributed by atoms with E-state index >= 15 is 0 Å². The molecule has 4 aliphatic rings. The number of nitrogens with two attached hydrogens (primary N) is 2. The Kier molecular flexibility index (Phi) is 19.8. The van der Waals surface area contributed by atoms with Gasteiger partial charge in [0, 0.05) is 50.0 Å². The lowest BCUT2D eigenvalue weighted by molar-refractivity contribution is 0.175. The molecule has 4 aromatic heterocycles. The molecule has 64 heavy (non-hydrogen) atoms. The van der Waals surface area contributed by atoms with E-state index in [9.17, 15) is 8.42 Å². The molecular weight excluding hydrogens is 1010 g/mol. The average Bonchev–Trinajstić information content (AvgIpc) is 4.08. The SMILES string of the molecule is CC(C)(C)[S@@](=O)N[C@@H]1CCCC12CCNCC2.Cc1nc(Cl)n2ccnc2c1Br.Cc1nc(N2CCC3(CCC[C@H]3N[S@](=O)C(C)(C)C)CC2)n2ccnc2c1Br.N/N=N/N.[N-]=[N+]=N. The van der Waals surface area contributed by atoms with Crippen LogP contribution in [-0.4, -0.2) is 84.9 Å². The van der Waals surface area contributed by atoms with Gasteiger partial charge >= 0.3 is 0 Å². The van der Waals surface area contributed by atoms with Gasteiger partial charge in [-0.3, -0.25) is 8.80 Å². The number of imidazole rings is 2. The number of piperidine rings is 2. The molecule has 2 saturated carbocycles. The Bertz CT molecular complexity index is 2250. The molecule has 8 rings (SSSR count). The van der Waals surface area contributed by atoms with Crippen LogP contribution < -0.4 is 31.3 Å². The highest BCUT2D eigenvalue weighted by Gasteiger charge is 2.47. The van der Waals surface area contributed by atoms with Crippen molar-refractivity contribution in [3.05, 3.63) is 60.8 Å². The summed E-state index contributed by atoms with van der Waals surface area (Å²) in [6.07, 6.45) is 19.4. The number of halogens is 3. The monoisotopic (exact) mass is 1070 g/mol. The Balaban J connectivity index is 0.000000211. The van der Waals surface area contributed by atoms with Gasteiger partial charge in [-0.15, -0.1) is 5.53 Å². The lowest BCUT2D eigenvalue weighted by Gasteiger charge is -2.44. The first-order chi connectivity index (χ1) is 30.2. The topological polar surface area (TPSA) is 271 Å². The maximum Gasteiger partial charge on any atom is 0.211 e. The second-order valence-electron chi connectivity index (χ2n) is 18.5. The quantitative estimate of drug-likeness (QED) is 0.0277. The Morgan fingerprint density at radius 2 is 1.23 bits per heavy atom. The summed E-state index contributed by atoms with van der Waals surface area (Å²) in [7, 11) is -1.94. The van der Waals surface area contributed by atoms with Crippen LogP contribution in [0, 0.1) is 30.2 Å². The maximum atomic E-state index is 12.7. The van der Waals surface area contributed by atoms with Crippen molar-refractivity contribution < 1.29 is 8.42 Å². The van der Waals surface area contributed by atoms with Crippen LogP contribution in [0.5, 0.6) is 0 Å². The second kappa shape index (κ2) is 23.6. The van der Waals surface area contributed by atoms with Crippen molar-refractivity contribution in [1.29, 1.82) is 5.53 Å². The average molecular weight is 1080 g/mol. The lowest BCUT2D eigenvalue weighted by atomic mass is 9.74. The number of nitrogens with one attached hydrogen (secondary N) is 4. The Hall–Kier alpha value is -3.02. The van der Waals surface area contributed by atoms with Gasteiger partial charge in [-0.2, -0.15) is 0 Å². The maximum absolute atomic E-state index is 12.7. The predicted octanol–water partition coefficient (Wildman–Crippen LogP) is 8.47. The molecular formula is C40H66Br2ClN17O2S2. The normalized spacial score (nSPS) is 21.2. The molecule has 0 amide bonds. The largest absolute Gasteiger partial charge is 0.342 e. The summed E-state index contributed by atoms with van der Waals surface area (Å²) < 4.78 is 37.1. The second-order valence-corrected chi connectivity index (χ2v) is 24.4. The van der Waals surface area contributed by atoms with Crippen molar-refractivity contribution in [3.63, 3.8) is 0 Å². The zero-order chi connectivity index (χ0) is 47.5. The van der Waals surface area contributed by atoms with Gasteiger partial charge in [0.25, 0.3) is 0 Å². The third kappa shape index (κ3) is 13.3. The summed E-state index contributed by atoms with van der Waals surface area (Å²) in [6.45, 7) is 20.3. The van der Waals surface area contributed by atoms with Crippen molar-refractivity contribution >= 4 is 82.7 Å². The Labute approximate surface area is 403 Å². The highest BCUT2D eigenvalue weighted by molar-refractivity contribution is 9.11. The summed E-state index contributed by atoms with van der Waals surface area (Å²) in [5.41, 5.74) is 16.5. The minimum atomic E-state index is -1.01. The molecule has 19 nitrogen and oxygen atoms in total. The summed E-state index contributed by atoms with van der Waals surface area (Å²) in [4.78, 5) is 21.7. The zero-order valence-electron chi connectivity index (χ0n) is 38.2. The molecule has 6 heterocycles. The molecule has 4 aromatic rings. The molecule has 4 atom stereocenters. The van der Waals surface area contributed by atoms with E-state index in [4.69, 9.17) is 27.6 Å². The Morgan fingerprint density at radius 1 is 0.812 bits per heavy atom. The molecule has 8 N–H and O–H groups in total. The number of fused-ring (bicyclic) bond motifs is 2. The van der Waals surface area contributed by atoms with Crippen molar-refractivity contribution in [1.82, 2.24) is 43.5 Å². The molecule has 2 aliphatic carbocycles. The van der Waals surface area contributed by atoms with Crippen LogP contribution in [0.1, 0.15) is 117 Å². The minimum absolute atomic E-state index is 0.156. The number of aryl methyl sites for hydroxylation is 2. The van der Waals surface area contributed by atoms with Crippen LogP contribution in [-0.2, 0) is 22.0 Å². The molecule has 0 radical (unpaired) electrons. The summed E-state index contributed by atoms with van der Waals surface area (Å²) in [5.74, 6) is 9.70. The van der Waals surface area contributed by atoms with E-state index in [1.165, 1.54) is 44.9 Å². The number of hydrogen-bond acceptors (Lipinski definition) is 11. The zero-order valence-corrected chi connectivity index (χ0v) is 43.8. The van der Waals surface area contributed by atoms with Crippen molar-refractivity contribution in [2.45, 2.75) is 141 Å². The molecule has 0 aromatic carbocycles. The minimum Gasteiger partial charge on any atom is -0.342 e. The van der Waals surface area contributed by atoms with Crippen LogP contribution in [0.3, 0.4) is 0 Å². The van der Waals surface area contributed by atoms with E-state index in [1.807, 2.05) is 67.8 Å². The molecule has 356 valence electrons. The van der Waals surface area contributed by atoms with E-state index in [1.54, 1.807) is 21.7 Å². The van der Waals surface area contributed by atoms with E-state index in [0.717, 1.165) is 83.0 Å². The summed E-state index contributed by atoms with van der Waals surface area (Å²) in [5, 5.41) is 9.15. The van der Waals surface area contributed by atoms with Gasteiger partial charge in [0.1, 0.15) is 0 Å². The molecule has 0 unspecified atom stereocenters. The summed E-state index contributed by atoms with van der Waals surface area (Å²) >= 11 is 12.9. The molecule has 24 heteroatoms. The lowest BCUT2D eigenvalue weighted by Crippen LogP contribution is -2.51. The number of hydrogen-bond donors (Lipinski definition) is 6. The fraction of sp³-hybridized carbons (Fsp3) is 0.700. The van der Waals surface area contributed by atoms with Crippen molar-refractivity contribution in [3.8, 4) is 0 Å². The van der Waals surface area contributed by atoms with E-state index in [2.05, 4.69) is 93.0 Å². The van der Waals surface area contributed by atoms with Gasteiger partial charge in [0.05, 0.1) is 51.8 Å².